The first-order valence-electron chi connectivity index (χ1n) is 6.17. The van der Waals surface area contributed by atoms with Crippen molar-refractivity contribution in [3.63, 3.8) is 0 Å². The number of carbonyl (C=O) groups is 1. The Morgan fingerprint density at radius 1 is 1.35 bits per heavy atom. The van der Waals surface area contributed by atoms with E-state index in [1.165, 1.54) is 26.7 Å². The SMILES string of the molecule is CC1(C)C(=O)N(CCNC2CCCC2)S1(=O)=O. The number of hydrogen-bond acceptors (Lipinski definition) is 4. The fourth-order valence-electron chi connectivity index (χ4n) is 2.48. The summed E-state index contributed by atoms with van der Waals surface area (Å²) < 4.78 is 23.3. The molecular formula is C11H20N2O3S. The van der Waals surface area contributed by atoms with Gasteiger partial charge in [0.1, 0.15) is 0 Å². The Bertz CT molecular complexity index is 410. The highest BCUT2D eigenvalue weighted by Gasteiger charge is 2.59. The minimum Gasteiger partial charge on any atom is -0.312 e. The number of hydrogen-bond donors (Lipinski definition) is 1. The van der Waals surface area contributed by atoms with Crippen molar-refractivity contribution < 1.29 is 13.2 Å². The Morgan fingerprint density at radius 3 is 2.47 bits per heavy atom. The van der Waals surface area contributed by atoms with Crippen molar-refractivity contribution in [2.24, 2.45) is 0 Å². The smallest absolute Gasteiger partial charge is 0.258 e. The lowest BCUT2D eigenvalue weighted by atomic mass is 10.2. The van der Waals surface area contributed by atoms with E-state index in [0.29, 0.717) is 12.6 Å². The molecule has 5 nitrogen and oxygen atoms in total. The summed E-state index contributed by atoms with van der Waals surface area (Å²) in [5, 5.41) is 3.31. The van der Waals surface area contributed by atoms with E-state index in [2.05, 4.69) is 5.32 Å². The van der Waals surface area contributed by atoms with Gasteiger partial charge in [-0.2, -0.15) is 0 Å². The van der Waals surface area contributed by atoms with Crippen LogP contribution in [0.2, 0.25) is 0 Å². The number of sulfonamides is 1. The molecule has 6 heteroatoms. The molecule has 2 aliphatic rings. The van der Waals surface area contributed by atoms with Crippen molar-refractivity contribution in [1.82, 2.24) is 9.62 Å². The molecule has 2 rings (SSSR count). The number of nitrogens with zero attached hydrogens (tertiary/aromatic N) is 1. The third-order valence-electron chi connectivity index (χ3n) is 3.78. The average Bonchev–Trinajstić information content (AvgIpc) is 2.75. The zero-order valence-electron chi connectivity index (χ0n) is 10.4. The standard InChI is InChI=1S/C11H20N2O3S/c1-11(2)10(14)13(17(11,15)16)8-7-12-9-5-3-4-6-9/h9,12H,3-8H2,1-2H3. The van der Waals surface area contributed by atoms with Gasteiger partial charge in [0.2, 0.25) is 0 Å². The molecule has 0 radical (unpaired) electrons. The monoisotopic (exact) mass is 260 g/mol. The molecule has 0 bridgehead atoms. The second-order valence-electron chi connectivity index (χ2n) is 5.33. The van der Waals surface area contributed by atoms with Crippen molar-refractivity contribution in [2.45, 2.75) is 50.3 Å². The van der Waals surface area contributed by atoms with Crippen molar-refractivity contribution in [3.8, 4) is 0 Å². The summed E-state index contributed by atoms with van der Waals surface area (Å²) in [6.45, 7) is 3.75. The summed E-state index contributed by atoms with van der Waals surface area (Å²) in [7, 11) is -3.40. The highest BCUT2D eigenvalue weighted by Crippen LogP contribution is 2.34. The summed E-state index contributed by atoms with van der Waals surface area (Å²) in [4.78, 5) is 11.6. The van der Waals surface area contributed by atoms with E-state index in [1.54, 1.807) is 0 Å². The number of amides is 1. The molecule has 1 heterocycles. The zero-order valence-corrected chi connectivity index (χ0v) is 11.2. The van der Waals surface area contributed by atoms with Crippen LogP contribution in [0, 0.1) is 0 Å². The van der Waals surface area contributed by atoms with Crippen LogP contribution in [0.4, 0.5) is 0 Å². The maximum atomic E-state index is 11.8. The fourth-order valence-corrected chi connectivity index (χ4v) is 4.01. The summed E-state index contributed by atoms with van der Waals surface area (Å²) in [6.07, 6.45) is 4.80. The van der Waals surface area contributed by atoms with Crippen LogP contribution in [-0.2, 0) is 14.8 Å². The first-order valence-corrected chi connectivity index (χ1v) is 7.61. The molecule has 1 N–H and O–H groups in total. The maximum absolute atomic E-state index is 11.8. The van der Waals surface area contributed by atoms with E-state index >= 15 is 0 Å². The van der Waals surface area contributed by atoms with Gasteiger partial charge in [-0.05, 0) is 26.7 Å². The number of nitrogens with one attached hydrogen (secondary N) is 1. The van der Waals surface area contributed by atoms with Crippen LogP contribution >= 0.6 is 0 Å². The van der Waals surface area contributed by atoms with E-state index in [1.807, 2.05) is 0 Å². The molecule has 0 aromatic carbocycles. The van der Waals surface area contributed by atoms with Crippen molar-refractivity contribution >= 4 is 15.9 Å². The minimum atomic E-state index is -3.40. The van der Waals surface area contributed by atoms with Gasteiger partial charge >= 0.3 is 0 Å². The van der Waals surface area contributed by atoms with Crippen LogP contribution in [0.25, 0.3) is 0 Å². The lowest BCUT2D eigenvalue weighted by Gasteiger charge is -2.43. The van der Waals surface area contributed by atoms with Gasteiger partial charge < -0.3 is 5.32 Å². The topological polar surface area (TPSA) is 66.5 Å². The number of rotatable bonds is 4. The van der Waals surface area contributed by atoms with Crippen molar-refractivity contribution in [1.29, 1.82) is 0 Å². The van der Waals surface area contributed by atoms with Gasteiger partial charge in [0, 0.05) is 19.1 Å². The summed E-state index contributed by atoms with van der Waals surface area (Å²) in [5.41, 5.74) is 0. The van der Waals surface area contributed by atoms with Gasteiger partial charge in [0.05, 0.1) is 0 Å². The minimum absolute atomic E-state index is 0.265. The largest absolute Gasteiger partial charge is 0.312 e. The van der Waals surface area contributed by atoms with Crippen LogP contribution < -0.4 is 5.32 Å². The van der Waals surface area contributed by atoms with E-state index in [-0.39, 0.29) is 12.5 Å². The van der Waals surface area contributed by atoms with Crippen molar-refractivity contribution in [3.05, 3.63) is 0 Å². The number of carbonyl (C=O) groups excluding carboxylic acids is 1. The summed E-state index contributed by atoms with van der Waals surface area (Å²) >= 11 is 0. The lowest BCUT2D eigenvalue weighted by molar-refractivity contribution is -0.132. The molecule has 1 aliphatic carbocycles. The second-order valence-corrected chi connectivity index (χ2v) is 7.74. The van der Waals surface area contributed by atoms with Gasteiger partial charge in [-0.15, -0.1) is 0 Å². The molecule has 0 atom stereocenters. The van der Waals surface area contributed by atoms with Crippen LogP contribution in [0.1, 0.15) is 39.5 Å². The molecule has 0 aromatic heterocycles. The van der Waals surface area contributed by atoms with Crippen LogP contribution in [0.15, 0.2) is 0 Å². The van der Waals surface area contributed by atoms with Gasteiger partial charge in [-0.3, -0.25) is 4.79 Å². The Hall–Kier alpha value is -0.620. The average molecular weight is 260 g/mol. The van der Waals surface area contributed by atoms with Crippen molar-refractivity contribution in [2.75, 3.05) is 13.1 Å². The second kappa shape index (κ2) is 4.24. The molecule has 0 spiro atoms. The van der Waals surface area contributed by atoms with Gasteiger partial charge in [0.15, 0.2) is 4.75 Å². The Balaban J connectivity index is 1.83. The molecular weight excluding hydrogens is 240 g/mol. The molecule has 2 fully saturated rings. The first-order chi connectivity index (χ1) is 7.87. The normalized spacial score (nSPS) is 27.2. The molecule has 1 amide bonds. The molecule has 1 saturated heterocycles. The van der Waals surface area contributed by atoms with Gasteiger partial charge in [-0.25, -0.2) is 12.7 Å². The third-order valence-corrected chi connectivity index (χ3v) is 6.17. The highest BCUT2D eigenvalue weighted by atomic mass is 32.2. The van der Waals surface area contributed by atoms with E-state index in [0.717, 1.165) is 17.1 Å². The van der Waals surface area contributed by atoms with Gasteiger partial charge in [0.25, 0.3) is 15.9 Å². The van der Waals surface area contributed by atoms with Crippen LogP contribution in [-0.4, -0.2) is 42.5 Å². The van der Waals surface area contributed by atoms with E-state index < -0.39 is 14.8 Å². The van der Waals surface area contributed by atoms with E-state index in [4.69, 9.17) is 0 Å². The Labute approximate surface area is 103 Å². The molecule has 0 aromatic rings. The summed E-state index contributed by atoms with van der Waals surface area (Å²) in [6, 6.07) is 0.502. The highest BCUT2D eigenvalue weighted by molar-refractivity contribution is 7.94. The molecule has 1 aliphatic heterocycles. The van der Waals surface area contributed by atoms with Crippen LogP contribution in [0.3, 0.4) is 0 Å². The van der Waals surface area contributed by atoms with E-state index in [9.17, 15) is 13.2 Å². The predicted molar refractivity (Wildman–Crippen MR) is 65.0 cm³/mol. The quantitative estimate of drug-likeness (QED) is 0.798. The molecule has 17 heavy (non-hydrogen) atoms. The zero-order chi connectivity index (χ0) is 12.7. The lowest BCUT2D eigenvalue weighted by Crippen LogP contribution is -2.68. The Kier molecular flexibility index (Phi) is 3.20. The molecule has 0 unspecified atom stereocenters. The Morgan fingerprint density at radius 2 is 1.94 bits per heavy atom. The third kappa shape index (κ3) is 1.97. The first kappa shape index (κ1) is 12.8. The summed E-state index contributed by atoms with van der Waals surface area (Å²) in [5.74, 6) is -0.286. The molecule has 1 saturated carbocycles. The van der Waals surface area contributed by atoms with Gasteiger partial charge in [-0.1, -0.05) is 12.8 Å². The predicted octanol–water partition coefficient (Wildman–Crippen LogP) is 0.469. The molecule has 98 valence electrons. The van der Waals surface area contributed by atoms with Crippen LogP contribution in [0.5, 0.6) is 0 Å². The fraction of sp³-hybridized carbons (Fsp3) is 0.909. The maximum Gasteiger partial charge on any atom is 0.258 e.